The summed E-state index contributed by atoms with van der Waals surface area (Å²) in [6.45, 7) is 0. The van der Waals surface area contributed by atoms with Gasteiger partial charge >= 0.3 is 11.9 Å². The molecule has 0 fully saturated rings. The molecule has 3 aromatic heterocycles. The zero-order valence-electron chi connectivity index (χ0n) is 12.9. The lowest BCUT2D eigenvalue weighted by Gasteiger charge is -2.07. The maximum atomic E-state index is 11.8. The molecule has 0 aliphatic heterocycles. The molecule has 0 saturated heterocycles. The number of pyridine rings is 2. The lowest BCUT2D eigenvalue weighted by atomic mass is 10.1. The van der Waals surface area contributed by atoms with Crippen molar-refractivity contribution in [3.63, 3.8) is 0 Å². The molecule has 0 atom stereocenters. The Balaban J connectivity index is 2.41. The van der Waals surface area contributed by atoms with Gasteiger partial charge in [0.25, 0.3) is 0 Å². The summed E-state index contributed by atoms with van der Waals surface area (Å²) < 4.78 is 4.04. The number of hydrogen-bond acceptors (Lipinski definition) is 2. The minimum atomic E-state index is -0.921. The summed E-state index contributed by atoms with van der Waals surface area (Å²) in [5.74, 6) is -0.00943. The number of fused-ring (bicyclic) bond motifs is 5. The van der Waals surface area contributed by atoms with Crippen molar-refractivity contribution in [1.29, 1.82) is 0 Å². The summed E-state index contributed by atoms with van der Waals surface area (Å²) in [4.78, 5) is 13.8. The van der Waals surface area contributed by atoms with E-state index < -0.39 is 5.97 Å². The Morgan fingerprint density at radius 1 is 1.13 bits per heavy atom. The maximum absolute atomic E-state index is 11.8. The highest BCUT2D eigenvalue weighted by Crippen LogP contribution is 2.28. The van der Waals surface area contributed by atoms with Gasteiger partial charge in [-0.2, -0.15) is 4.40 Å². The van der Waals surface area contributed by atoms with Gasteiger partial charge in [0.15, 0.2) is 5.52 Å². The molecule has 0 aliphatic carbocycles. The van der Waals surface area contributed by atoms with Crippen LogP contribution >= 0.6 is 0 Å². The van der Waals surface area contributed by atoms with E-state index in [0.29, 0.717) is 11.1 Å². The standard InChI is InChI=1S/C18H15N3O2/c1-19(2)18-20-10-6-5-9-15(20)16-13(17(22)23)11-12-7-3-4-8-14(12)21(16)18/h3-11H,1-2H3/p+1. The van der Waals surface area contributed by atoms with Crippen LogP contribution in [0.25, 0.3) is 21.9 Å². The van der Waals surface area contributed by atoms with Crippen LogP contribution in [0, 0.1) is 0 Å². The fraction of sp³-hybridized carbons (Fsp3) is 0.111. The Hall–Kier alpha value is -3.08. The Morgan fingerprint density at radius 2 is 1.87 bits per heavy atom. The number of para-hydroxylation sites is 1. The van der Waals surface area contributed by atoms with E-state index in [1.54, 1.807) is 6.07 Å². The molecule has 4 rings (SSSR count). The normalized spacial score (nSPS) is 11.4. The number of hydrogen-bond donors (Lipinski definition) is 1. The number of carboxylic acids is 1. The van der Waals surface area contributed by atoms with E-state index in [2.05, 4.69) is 0 Å². The first-order valence-electron chi connectivity index (χ1n) is 7.37. The lowest BCUT2D eigenvalue weighted by molar-refractivity contribution is -0.497. The topological polar surface area (TPSA) is 49.1 Å². The summed E-state index contributed by atoms with van der Waals surface area (Å²) in [6.07, 6.45) is 1.96. The van der Waals surface area contributed by atoms with Crippen LogP contribution in [0.15, 0.2) is 54.7 Å². The second-order valence-electron chi connectivity index (χ2n) is 5.76. The highest BCUT2D eigenvalue weighted by Gasteiger charge is 2.27. The fourth-order valence-corrected chi connectivity index (χ4v) is 3.23. The molecule has 114 valence electrons. The Bertz CT molecular complexity index is 1080. The van der Waals surface area contributed by atoms with Crippen molar-refractivity contribution in [3.8, 4) is 0 Å². The number of aromatic carboxylic acids is 1. The zero-order chi connectivity index (χ0) is 16.1. The van der Waals surface area contributed by atoms with Gasteiger partial charge in [-0.05, 0) is 24.3 Å². The number of anilines is 1. The van der Waals surface area contributed by atoms with Crippen LogP contribution in [0.2, 0.25) is 0 Å². The minimum absolute atomic E-state index is 0.306. The third-order valence-electron chi connectivity index (χ3n) is 4.10. The number of carboxylic acid groups (broad SMARTS) is 1. The molecule has 0 amide bonds. The molecular formula is C18H16N3O2+. The van der Waals surface area contributed by atoms with Gasteiger partial charge in [0.1, 0.15) is 16.6 Å². The number of carbonyl (C=O) groups is 1. The van der Waals surface area contributed by atoms with Crippen LogP contribution in [0.1, 0.15) is 10.4 Å². The lowest BCUT2D eigenvalue weighted by Crippen LogP contribution is -2.29. The van der Waals surface area contributed by atoms with Crippen LogP contribution in [-0.4, -0.2) is 29.6 Å². The molecule has 0 radical (unpaired) electrons. The Labute approximate surface area is 132 Å². The predicted molar refractivity (Wildman–Crippen MR) is 89.3 cm³/mol. The molecule has 23 heavy (non-hydrogen) atoms. The first-order chi connectivity index (χ1) is 11.1. The van der Waals surface area contributed by atoms with E-state index in [1.165, 1.54) is 0 Å². The monoisotopic (exact) mass is 306 g/mol. The van der Waals surface area contributed by atoms with Crippen LogP contribution in [-0.2, 0) is 0 Å². The highest BCUT2D eigenvalue weighted by atomic mass is 16.4. The van der Waals surface area contributed by atoms with Gasteiger partial charge in [-0.15, -0.1) is 0 Å². The van der Waals surface area contributed by atoms with Crippen molar-refractivity contribution in [3.05, 3.63) is 60.3 Å². The molecule has 0 spiro atoms. The first-order valence-corrected chi connectivity index (χ1v) is 7.37. The first kappa shape index (κ1) is 13.6. The summed E-state index contributed by atoms with van der Waals surface area (Å²) in [5, 5.41) is 10.6. The molecule has 0 aliphatic rings. The SMILES string of the molecule is CN(C)c1n2c3ccccc3cc(C(=O)O)c2c2cccc[n+]12. The highest BCUT2D eigenvalue weighted by molar-refractivity contribution is 6.05. The van der Waals surface area contributed by atoms with Gasteiger partial charge in [-0.1, -0.05) is 24.3 Å². The minimum Gasteiger partial charge on any atom is -0.478 e. The van der Waals surface area contributed by atoms with Gasteiger partial charge in [0.05, 0.1) is 20.3 Å². The molecule has 3 heterocycles. The van der Waals surface area contributed by atoms with Crippen molar-refractivity contribution in [2.24, 2.45) is 0 Å². The number of imidazole rings is 1. The Morgan fingerprint density at radius 3 is 2.61 bits per heavy atom. The van der Waals surface area contributed by atoms with Crippen molar-refractivity contribution >= 4 is 33.9 Å². The molecule has 5 heteroatoms. The molecule has 1 N–H and O–H groups in total. The van der Waals surface area contributed by atoms with Gasteiger partial charge in [-0.25, -0.2) is 9.20 Å². The fourth-order valence-electron chi connectivity index (χ4n) is 3.23. The van der Waals surface area contributed by atoms with Gasteiger partial charge in [-0.3, -0.25) is 4.90 Å². The van der Waals surface area contributed by atoms with E-state index in [-0.39, 0.29) is 0 Å². The summed E-state index contributed by atoms with van der Waals surface area (Å²) >= 11 is 0. The molecule has 0 bridgehead atoms. The number of rotatable bonds is 2. The van der Waals surface area contributed by atoms with E-state index in [0.717, 1.165) is 22.4 Å². The third-order valence-corrected chi connectivity index (χ3v) is 4.10. The summed E-state index contributed by atoms with van der Waals surface area (Å²) in [6, 6.07) is 15.4. The predicted octanol–water partition coefficient (Wildman–Crippen LogP) is 2.60. The summed E-state index contributed by atoms with van der Waals surface area (Å²) in [5.41, 5.74) is 2.88. The summed E-state index contributed by atoms with van der Waals surface area (Å²) in [7, 11) is 3.92. The number of aromatic nitrogens is 2. The van der Waals surface area contributed by atoms with Gasteiger partial charge < -0.3 is 5.11 Å². The van der Waals surface area contributed by atoms with Crippen LogP contribution < -0.4 is 9.30 Å². The van der Waals surface area contributed by atoms with E-state index >= 15 is 0 Å². The zero-order valence-corrected chi connectivity index (χ0v) is 12.9. The van der Waals surface area contributed by atoms with Crippen molar-refractivity contribution in [2.45, 2.75) is 0 Å². The third kappa shape index (κ3) is 1.80. The van der Waals surface area contributed by atoms with E-state index in [9.17, 15) is 9.90 Å². The molecule has 1 aromatic carbocycles. The van der Waals surface area contributed by atoms with Crippen LogP contribution in [0.3, 0.4) is 0 Å². The average molecular weight is 306 g/mol. The number of nitrogens with zero attached hydrogens (tertiary/aromatic N) is 3. The van der Waals surface area contributed by atoms with E-state index in [4.69, 9.17) is 0 Å². The van der Waals surface area contributed by atoms with Crippen molar-refractivity contribution < 1.29 is 14.3 Å². The van der Waals surface area contributed by atoms with Crippen LogP contribution in [0.4, 0.5) is 5.95 Å². The molecule has 0 unspecified atom stereocenters. The molecule has 5 nitrogen and oxygen atoms in total. The maximum Gasteiger partial charge on any atom is 0.369 e. The Kier molecular flexibility index (Phi) is 2.78. The van der Waals surface area contributed by atoms with E-state index in [1.807, 2.05) is 76.5 Å². The average Bonchev–Trinajstić information content (AvgIpc) is 2.89. The second-order valence-corrected chi connectivity index (χ2v) is 5.76. The van der Waals surface area contributed by atoms with Crippen molar-refractivity contribution in [1.82, 2.24) is 4.40 Å². The van der Waals surface area contributed by atoms with Gasteiger partial charge in [0, 0.05) is 5.39 Å². The number of benzene rings is 1. The second kappa shape index (κ2) is 4.71. The smallest absolute Gasteiger partial charge is 0.369 e. The van der Waals surface area contributed by atoms with Crippen molar-refractivity contribution in [2.75, 3.05) is 19.0 Å². The van der Waals surface area contributed by atoms with Crippen LogP contribution in [0.5, 0.6) is 0 Å². The molecule has 0 saturated carbocycles. The van der Waals surface area contributed by atoms with Gasteiger partial charge in [0.2, 0.25) is 0 Å². The largest absolute Gasteiger partial charge is 0.478 e. The molecule has 4 aromatic rings. The quantitative estimate of drug-likeness (QED) is 0.579. The molecular weight excluding hydrogens is 290 g/mol.